The zero-order chi connectivity index (χ0) is 14.8. The van der Waals surface area contributed by atoms with Crippen molar-refractivity contribution in [1.82, 2.24) is 14.9 Å². The van der Waals surface area contributed by atoms with Gasteiger partial charge in [-0.05, 0) is 56.4 Å². The lowest BCUT2D eigenvalue weighted by Gasteiger charge is -2.15. The Morgan fingerprint density at radius 1 is 1.38 bits per heavy atom. The molecule has 0 radical (unpaired) electrons. The Morgan fingerprint density at radius 2 is 2.19 bits per heavy atom. The van der Waals surface area contributed by atoms with Crippen LogP contribution in [0.1, 0.15) is 53.6 Å². The number of rotatable bonds is 4. The summed E-state index contributed by atoms with van der Waals surface area (Å²) in [5.74, 6) is 0.870. The number of benzene rings is 1. The molecule has 21 heavy (non-hydrogen) atoms. The predicted molar refractivity (Wildman–Crippen MR) is 82.2 cm³/mol. The summed E-state index contributed by atoms with van der Waals surface area (Å²) in [5, 5.41) is 3.04. The van der Waals surface area contributed by atoms with Crippen molar-refractivity contribution >= 4 is 5.91 Å². The van der Waals surface area contributed by atoms with E-state index in [9.17, 15) is 4.79 Å². The quantitative estimate of drug-likeness (QED) is 0.938. The second-order valence-electron chi connectivity index (χ2n) is 5.60. The number of nitrogens with one attached hydrogen (secondary N) is 1. The largest absolute Gasteiger partial charge is 0.342 e. The Hall–Kier alpha value is -2.10. The minimum absolute atomic E-state index is 0.0251. The summed E-state index contributed by atoms with van der Waals surface area (Å²) in [7, 11) is 0. The molecule has 0 saturated heterocycles. The molecular formula is C17H21N3O. The first-order chi connectivity index (χ1) is 10.2. The van der Waals surface area contributed by atoms with Gasteiger partial charge in [-0.2, -0.15) is 0 Å². The number of aryl methyl sites for hydroxylation is 3. The van der Waals surface area contributed by atoms with Gasteiger partial charge in [0.1, 0.15) is 5.82 Å². The average Bonchev–Trinajstić information content (AvgIpc) is 3.14. The van der Waals surface area contributed by atoms with E-state index in [4.69, 9.17) is 0 Å². The van der Waals surface area contributed by atoms with Gasteiger partial charge < -0.3 is 9.88 Å². The number of aromatic nitrogens is 2. The van der Waals surface area contributed by atoms with E-state index >= 15 is 0 Å². The average molecular weight is 283 g/mol. The summed E-state index contributed by atoms with van der Waals surface area (Å²) in [6.07, 6.45) is 7.14. The van der Waals surface area contributed by atoms with Gasteiger partial charge in [0.05, 0.1) is 6.04 Å². The van der Waals surface area contributed by atoms with Crippen molar-refractivity contribution in [2.24, 2.45) is 0 Å². The van der Waals surface area contributed by atoms with E-state index in [1.807, 2.05) is 29.8 Å². The van der Waals surface area contributed by atoms with Gasteiger partial charge in [0.25, 0.3) is 5.91 Å². The fourth-order valence-electron chi connectivity index (χ4n) is 3.03. The molecule has 2 aromatic rings. The summed E-state index contributed by atoms with van der Waals surface area (Å²) >= 11 is 0. The second-order valence-corrected chi connectivity index (χ2v) is 5.60. The minimum atomic E-state index is -0.0966. The second kappa shape index (κ2) is 5.72. The van der Waals surface area contributed by atoms with E-state index in [0.717, 1.165) is 30.8 Å². The predicted octanol–water partition coefficient (Wildman–Crippen LogP) is 2.88. The third-order valence-electron chi connectivity index (χ3n) is 4.18. The number of carbonyl (C=O) groups excluding carboxylic acids is 1. The maximum absolute atomic E-state index is 12.4. The van der Waals surface area contributed by atoms with Gasteiger partial charge in [0.15, 0.2) is 0 Å². The fourth-order valence-corrected chi connectivity index (χ4v) is 3.03. The van der Waals surface area contributed by atoms with Gasteiger partial charge in [0.2, 0.25) is 0 Å². The van der Waals surface area contributed by atoms with Crippen molar-refractivity contribution < 1.29 is 4.79 Å². The van der Waals surface area contributed by atoms with Crippen molar-refractivity contribution in [2.45, 2.75) is 45.7 Å². The van der Waals surface area contributed by atoms with Crippen LogP contribution in [-0.4, -0.2) is 15.5 Å². The maximum atomic E-state index is 12.4. The van der Waals surface area contributed by atoms with Crippen LogP contribution in [0.3, 0.4) is 0 Å². The van der Waals surface area contributed by atoms with E-state index in [0.29, 0.717) is 0 Å². The van der Waals surface area contributed by atoms with Crippen molar-refractivity contribution in [3.8, 4) is 0 Å². The zero-order valence-corrected chi connectivity index (χ0v) is 12.6. The third-order valence-corrected chi connectivity index (χ3v) is 4.18. The highest BCUT2D eigenvalue weighted by Crippen LogP contribution is 2.23. The Morgan fingerprint density at radius 3 is 3.00 bits per heavy atom. The number of amides is 1. The summed E-state index contributed by atoms with van der Waals surface area (Å²) in [4.78, 5) is 16.7. The number of hydrogen-bond acceptors (Lipinski definition) is 2. The molecule has 1 aliphatic carbocycles. The molecule has 110 valence electrons. The highest BCUT2D eigenvalue weighted by molar-refractivity contribution is 5.94. The first-order valence-electron chi connectivity index (χ1n) is 7.62. The summed E-state index contributed by atoms with van der Waals surface area (Å²) in [6, 6.07) is 5.96. The number of fused-ring (bicyclic) bond motifs is 1. The molecule has 4 heteroatoms. The number of hydrogen-bond donors (Lipinski definition) is 1. The lowest BCUT2D eigenvalue weighted by molar-refractivity contribution is 0.0937. The number of carbonyl (C=O) groups is 1. The van der Waals surface area contributed by atoms with Gasteiger partial charge >= 0.3 is 0 Å². The molecule has 0 bridgehead atoms. The topological polar surface area (TPSA) is 46.9 Å². The van der Waals surface area contributed by atoms with Crippen LogP contribution in [0.5, 0.6) is 0 Å². The SMILES string of the molecule is CCn1ccnc1C(C)NC(=O)c1ccc2c(c1)CCC2. The first-order valence-corrected chi connectivity index (χ1v) is 7.62. The van der Waals surface area contributed by atoms with Gasteiger partial charge in [-0.25, -0.2) is 4.98 Å². The molecule has 1 heterocycles. The molecular weight excluding hydrogens is 262 g/mol. The van der Waals surface area contributed by atoms with Gasteiger partial charge in [0, 0.05) is 24.5 Å². The summed E-state index contributed by atoms with van der Waals surface area (Å²) < 4.78 is 2.05. The van der Waals surface area contributed by atoms with Crippen molar-refractivity contribution in [1.29, 1.82) is 0 Å². The maximum Gasteiger partial charge on any atom is 0.251 e. The van der Waals surface area contributed by atoms with Gasteiger partial charge in [-0.15, -0.1) is 0 Å². The number of imidazole rings is 1. The van der Waals surface area contributed by atoms with Crippen LogP contribution in [0.15, 0.2) is 30.6 Å². The van der Waals surface area contributed by atoms with Crippen LogP contribution in [0.4, 0.5) is 0 Å². The molecule has 3 rings (SSSR count). The lowest BCUT2D eigenvalue weighted by atomic mass is 10.1. The Labute approximate surface area is 125 Å². The Bertz CT molecular complexity index is 660. The van der Waals surface area contributed by atoms with Crippen LogP contribution in [0, 0.1) is 0 Å². The minimum Gasteiger partial charge on any atom is -0.342 e. The van der Waals surface area contributed by atoms with E-state index in [1.54, 1.807) is 6.20 Å². The Balaban J connectivity index is 1.74. The lowest BCUT2D eigenvalue weighted by Crippen LogP contribution is -2.28. The normalized spacial score (nSPS) is 14.8. The first kappa shape index (κ1) is 13.9. The summed E-state index contributed by atoms with van der Waals surface area (Å²) in [5.41, 5.74) is 3.46. The van der Waals surface area contributed by atoms with E-state index in [1.165, 1.54) is 17.5 Å². The van der Waals surface area contributed by atoms with Crippen LogP contribution < -0.4 is 5.32 Å². The molecule has 1 aliphatic rings. The highest BCUT2D eigenvalue weighted by atomic mass is 16.1. The van der Waals surface area contributed by atoms with E-state index < -0.39 is 0 Å². The van der Waals surface area contributed by atoms with Crippen molar-refractivity contribution in [3.05, 3.63) is 53.1 Å². The standard InChI is InChI=1S/C17H21N3O/c1-3-20-10-9-18-16(20)12(2)19-17(21)15-8-7-13-5-4-6-14(13)11-15/h7-12H,3-6H2,1-2H3,(H,19,21). The Kier molecular flexibility index (Phi) is 3.78. The zero-order valence-electron chi connectivity index (χ0n) is 12.6. The fraction of sp³-hybridized carbons (Fsp3) is 0.412. The molecule has 1 unspecified atom stereocenters. The number of nitrogens with zero attached hydrogens (tertiary/aromatic N) is 2. The van der Waals surface area contributed by atoms with Crippen LogP contribution in [0.2, 0.25) is 0 Å². The van der Waals surface area contributed by atoms with Crippen LogP contribution in [-0.2, 0) is 19.4 Å². The van der Waals surface area contributed by atoms with Crippen LogP contribution >= 0.6 is 0 Å². The molecule has 4 nitrogen and oxygen atoms in total. The summed E-state index contributed by atoms with van der Waals surface area (Å²) in [6.45, 7) is 4.90. The molecule has 1 amide bonds. The van der Waals surface area contributed by atoms with Crippen molar-refractivity contribution in [3.63, 3.8) is 0 Å². The van der Waals surface area contributed by atoms with E-state index in [2.05, 4.69) is 23.3 Å². The van der Waals surface area contributed by atoms with E-state index in [-0.39, 0.29) is 11.9 Å². The molecule has 1 aromatic carbocycles. The molecule has 0 saturated carbocycles. The monoisotopic (exact) mass is 283 g/mol. The van der Waals surface area contributed by atoms with Crippen LogP contribution in [0.25, 0.3) is 0 Å². The molecule has 1 atom stereocenters. The molecule has 0 fully saturated rings. The smallest absolute Gasteiger partial charge is 0.251 e. The third kappa shape index (κ3) is 2.71. The van der Waals surface area contributed by atoms with Gasteiger partial charge in [-0.1, -0.05) is 6.07 Å². The van der Waals surface area contributed by atoms with Gasteiger partial charge in [-0.3, -0.25) is 4.79 Å². The molecule has 0 spiro atoms. The van der Waals surface area contributed by atoms with Crippen molar-refractivity contribution in [2.75, 3.05) is 0 Å². The molecule has 1 aromatic heterocycles. The molecule has 1 N–H and O–H groups in total. The molecule has 0 aliphatic heterocycles. The highest BCUT2D eigenvalue weighted by Gasteiger charge is 2.17.